The molecule has 2 unspecified atom stereocenters. The first-order valence-corrected chi connectivity index (χ1v) is 14.7. The van der Waals surface area contributed by atoms with Crippen LogP contribution in [0, 0.1) is 0 Å². The summed E-state index contributed by atoms with van der Waals surface area (Å²) in [6, 6.07) is 42.1. The van der Waals surface area contributed by atoms with Gasteiger partial charge in [0.15, 0.2) is 0 Å². The van der Waals surface area contributed by atoms with Gasteiger partial charge in [0, 0.05) is 33.2 Å². The Morgan fingerprint density at radius 2 is 1.39 bits per heavy atom. The largest absolute Gasteiger partial charge is 0.375 e. The summed E-state index contributed by atoms with van der Waals surface area (Å²) in [5, 5.41) is 8.67. The molecule has 5 heteroatoms. The van der Waals surface area contributed by atoms with E-state index in [9.17, 15) is 0 Å². The van der Waals surface area contributed by atoms with Crippen molar-refractivity contribution in [1.82, 2.24) is 15.6 Å². The molecule has 0 spiro atoms. The molecule has 3 aliphatic heterocycles. The van der Waals surface area contributed by atoms with E-state index in [0.29, 0.717) is 0 Å². The zero-order valence-electron chi connectivity index (χ0n) is 22.2. The Kier molecular flexibility index (Phi) is 5.82. The quantitative estimate of drug-likeness (QED) is 0.241. The summed E-state index contributed by atoms with van der Waals surface area (Å²) in [6.45, 7) is 0. The molecule has 0 saturated heterocycles. The Hall–Kier alpha value is -4.87. The van der Waals surface area contributed by atoms with Gasteiger partial charge >= 0.3 is 0 Å². The maximum absolute atomic E-state index is 5.28. The summed E-state index contributed by atoms with van der Waals surface area (Å²) in [7, 11) is 0. The number of thioether (sulfide) groups is 1. The number of benzene rings is 4. The third kappa shape index (κ3) is 4.35. The molecule has 3 aliphatic rings. The lowest BCUT2D eigenvalue weighted by molar-refractivity contribution is 0.827. The van der Waals surface area contributed by atoms with Crippen molar-refractivity contribution in [2.45, 2.75) is 11.4 Å². The van der Waals surface area contributed by atoms with Crippen LogP contribution in [0.3, 0.4) is 0 Å². The van der Waals surface area contributed by atoms with Crippen molar-refractivity contribution < 1.29 is 0 Å². The van der Waals surface area contributed by atoms with Crippen molar-refractivity contribution in [3.63, 3.8) is 0 Å². The van der Waals surface area contributed by atoms with Crippen molar-refractivity contribution in [2.75, 3.05) is 0 Å². The molecule has 196 valence electrons. The van der Waals surface area contributed by atoms with Crippen molar-refractivity contribution in [3.05, 3.63) is 166 Å². The molecule has 5 aromatic rings. The molecule has 2 N–H and O–H groups in total. The number of aliphatic imine (C=N–C) groups is 1. The van der Waals surface area contributed by atoms with Gasteiger partial charge in [0.2, 0.25) is 0 Å². The Morgan fingerprint density at radius 1 is 0.659 bits per heavy atom. The Labute approximate surface area is 243 Å². The number of amidine groups is 1. The molecule has 0 fully saturated rings. The van der Waals surface area contributed by atoms with E-state index in [4.69, 9.17) is 9.98 Å². The average Bonchev–Trinajstić information content (AvgIpc) is 3.43. The second-order valence-electron chi connectivity index (χ2n) is 10.4. The van der Waals surface area contributed by atoms with E-state index >= 15 is 0 Å². The first-order valence-electron chi connectivity index (χ1n) is 13.8. The van der Waals surface area contributed by atoms with Gasteiger partial charge in [-0.3, -0.25) is 4.99 Å². The highest BCUT2D eigenvalue weighted by atomic mass is 32.2. The molecule has 41 heavy (non-hydrogen) atoms. The van der Waals surface area contributed by atoms with Gasteiger partial charge in [-0.1, -0.05) is 121 Å². The zero-order chi connectivity index (χ0) is 27.2. The van der Waals surface area contributed by atoms with Crippen LogP contribution < -0.4 is 10.6 Å². The van der Waals surface area contributed by atoms with Crippen LogP contribution in [0.15, 0.2) is 155 Å². The molecule has 4 nitrogen and oxygen atoms in total. The van der Waals surface area contributed by atoms with Gasteiger partial charge in [-0.15, -0.1) is 0 Å². The number of aromatic nitrogens is 1. The number of allylic oxidation sites excluding steroid dienone is 2. The van der Waals surface area contributed by atoms with Gasteiger partial charge in [0.05, 0.1) is 16.9 Å². The first-order chi connectivity index (χ1) is 20.3. The molecule has 0 bridgehead atoms. The molecular formula is C36H26N4S. The minimum Gasteiger partial charge on any atom is -0.375 e. The summed E-state index contributed by atoms with van der Waals surface area (Å²) < 4.78 is 0. The Morgan fingerprint density at radius 3 is 2.20 bits per heavy atom. The molecule has 0 aliphatic carbocycles. The predicted molar refractivity (Wildman–Crippen MR) is 170 cm³/mol. The van der Waals surface area contributed by atoms with Gasteiger partial charge in [-0.2, -0.15) is 0 Å². The fraction of sp³-hybridized carbons (Fsp3) is 0.0556. The predicted octanol–water partition coefficient (Wildman–Crippen LogP) is 7.85. The fourth-order valence-electron chi connectivity index (χ4n) is 5.67. The van der Waals surface area contributed by atoms with Crippen LogP contribution in [0.5, 0.6) is 0 Å². The molecular weight excluding hydrogens is 520 g/mol. The minimum absolute atomic E-state index is 0.0986. The first kappa shape index (κ1) is 24.0. The fourth-order valence-corrected chi connectivity index (χ4v) is 6.98. The van der Waals surface area contributed by atoms with E-state index in [-0.39, 0.29) is 11.4 Å². The number of nitrogens with one attached hydrogen (secondary N) is 2. The molecule has 0 amide bonds. The van der Waals surface area contributed by atoms with E-state index in [1.54, 1.807) is 0 Å². The highest BCUT2D eigenvalue weighted by Crippen LogP contribution is 2.50. The number of pyridine rings is 1. The third-order valence-electron chi connectivity index (χ3n) is 7.79. The third-order valence-corrected chi connectivity index (χ3v) is 9.10. The minimum atomic E-state index is -0.0986. The van der Waals surface area contributed by atoms with Crippen LogP contribution in [0.2, 0.25) is 0 Å². The van der Waals surface area contributed by atoms with Crippen LogP contribution in [0.4, 0.5) is 0 Å². The SMILES string of the molecule is C1=C(c2ccccc2)C=C2C3=C(SC2N1)C(c1ccc(-c2ccc4ccccc4n2)cc1)N=C(c1ccccc1)N3. The van der Waals surface area contributed by atoms with Gasteiger partial charge in [0.25, 0.3) is 0 Å². The van der Waals surface area contributed by atoms with Crippen LogP contribution in [0.25, 0.3) is 27.7 Å². The number of dihydropyridines is 1. The maximum atomic E-state index is 5.28. The molecule has 8 rings (SSSR count). The summed E-state index contributed by atoms with van der Waals surface area (Å²) in [5.41, 5.74) is 10.1. The standard InChI is InChI=1S/C36H26N4S/c1-3-9-23(10-4-1)28-21-29-33-34(41-36(29)37-22-28)32(39-35(40-33)27-12-5-2-6-13-27)26-17-15-25(16-18-26)31-20-19-24-11-7-8-14-30(24)38-31/h1-22,32,36-37H,(H,39,40). The van der Waals surface area contributed by atoms with Gasteiger partial charge in [-0.25, -0.2) is 4.98 Å². The van der Waals surface area contributed by atoms with Crippen LogP contribution in [0.1, 0.15) is 22.7 Å². The Balaban J connectivity index is 1.18. The number of nitrogens with zero attached hydrogens (tertiary/aromatic N) is 2. The van der Waals surface area contributed by atoms with Crippen LogP contribution in [-0.2, 0) is 0 Å². The Bertz CT molecular complexity index is 1900. The average molecular weight is 547 g/mol. The molecule has 4 heterocycles. The lowest BCUT2D eigenvalue weighted by atomic mass is 9.96. The molecule has 4 aromatic carbocycles. The monoisotopic (exact) mass is 546 g/mol. The van der Waals surface area contributed by atoms with E-state index in [1.807, 2.05) is 30.0 Å². The van der Waals surface area contributed by atoms with E-state index in [2.05, 4.69) is 126 Å². The van der Waals surface area contributed by atoms with Crippen molar-refractivity contribution in [1.29, 1.82) is 0 Å². The van der Waals surface area contributed by atoms with Crippen molar-refractivity contribution >= 4 is 34.1 Å². The van der Waals surface area contributed by atoms with Crippen LogP contribution >= 0.6 is 11.8 Å². The highest BCUT2D eigenvalue weighted by molar-refractivity contribution is 8.04. The zero-order valence-corrected chi connectivity index (χ0v) is 23.0. The molecule has 0 radical (unpaired) electrons. The highest BCUT2D eigenvalue weighted by Gasteiger charge is 2.39. The lowest BCUT2D eigenvalue weighted by Crippen LogP contribution is -2.32. The number of fused-ring (bicyclic) bond motifs is 3. The topological polar surface area (TPSA) is 49.3 Å². The summed E-state index contributed by atoms with van der Waals surface area (Å²) >= 11 is 1.85. The normalized spacial score (nSPS) is 19.4. The summed E-state index contributed by atoms with van der Waals surface area (Å²) in [4.78, 5) is 11.4. The smallest absolute Gasteiger partial charge is 0.133 e. The van der Waals surface area contributed by atoms with E-state index in [0.717, 1.165) is 39.3 Å². The van der Waals surface area contributed by atoms with Gasteiger partial charge in [0.1, 0.15) is 17.3 Å². The number of rotatable bonds is 4. The number of hydrogen-bond acceptors (Lipinski definition) is 5. The molecule has 0 saturated carbocycles. The lowest BCUT2D eigenvalue weighted by Gasteiger charge is -2.25. The number of para-hydroxylation sites is 1. The molecule has 1 aromatic heterocycles. The number of hydrogen-bond donors (Lipinski definition) is 2. The van der Waals surface area contributed by atoms with Gasteiger partial charge < -0.3 is 10.6 Å². The van der Waals surface area contributed by atoms with E-state index in [1.165, 1.54) is 27.2 Å². The second-order valence-corrected chi connectivity index (χ2v) is 11.5. The maximum Gasteiger partial charge on any atom is 0.133 e. The summed E-state index contributed by atoms with van der Waals surface area (Å²) in [5.74, 6) is 0.896. The van der Waals surface area contributed by atoms with Gasteiger partial charge in [-0.05, 0) is 34.9 Å². The summed E-state index contributed by atoms with van der Waals surface area (Å²) in [6.07, 6.45) is 4.45. The second kappa shape index (κ2) is 9.95. The van der Waals surface area contributed by atoms with Crippen molar-refractivity contribution in [2.24, 2.45) is 4.99 Å². The van der Waals surface area contributed by atoms with E-state index < -0.39 is 0 Å². The van der Waals surface area contributed by atoms with Crippen molar-refractivity contribution in [3.8, 4) is 11.3 Å². The molecule has 2 atom stereocenters. The van der Waals surface area contributed by atoms with Crippen LogP contribution in [-0.4, -0.2) is 16.2 Å².